The third kappa shape index (κ3) is 5.05. The van der Waals surface area contributed by atoms with Crippen molar-refractivity contribution in [2.24, 2.45) is 0 Å². The Morgan fingerprint density at radius 1 is 1.12 bits per heavy atom. The Hall–Kier alpha value is -3.39. The molecule has 126 valence electrons. The Morgan fingerprint density at radius 2 is 1.84 bits per heavy atom. The van der Waals surface area contributed by atoms with Gasteiger partial charge in [0, 0.05) is 5.69 Å². The van der Waals surface area contributed by atoms with E-state index in [9.17, 15) is 9.59 Å². The fourth-order valence-electron chi connectivity index (χ4n) is 2.13. The maximum absolute atomic E-state index is 12.0. The molecular formula is C20H18N2O3. The van der Waals surface area contributed by atoms with E-state index in [4.69, 9.17) is 10.00 Å². The molecular weight excluding hydrogens is 316 g/mol. The van der Waals surface area contributed by atoms with Crippen LogP contribution < -0.4 is 5.32 Å². The lowest BCUT2D eigenvalue weighted by molar-refractivity contribution is -0.142. The Kier molecular flexibility index (Phi) is 6.08. The van der Waals surface area contributed by atoms with Crippen LogP contribution in [0.5, 0.6) is 0 Å². The number of nitrogens with one attached hydrogen (secondary N) is 1. The van der Waals surface area contributed by atoms with Crippen LogP contribution in [0.4, 0.5) is 5.69 Å². The van der Waals surface area contributed by atoms with E-state index in [1.54, 1.807) is 36.4 Å². The molecule has 0 bridgehead atoms. The predicted octanol–water partition coefficient (Wildman–Crippen LogP) is 3.39. The monoisotopic (exact) mass is 334 g/mol. The number of rotatable bonds is 5. The molecule has 0 radical (unpaired) electrons. The van der Waals surface area contributed by atoms with Gasteiger partial charge in [-0.15, -0.1) is 0 Å². The zero-order valence-electron chi connectivity index (χ0n) is 14.1. The van der Waals surface area contributed by atoms with Crippen LogP contribution in [0, 0.1) is 25.2 Å². The molecule has 0 aliphatic carbocycles. The number of nitrogens with zero attached hydrogens (tertiary/aromatic N) is 1. The van der Waals surface area contributed by atoms with Gasteiger partial charge in [-0.2, -0.15) is 5.26 Å². The first kappa shape index (κ1) is 18.0. The highest BCUT2D eigenvalue weighted by Crippen LogP contribution is 2.17. The van der Waals surface area contributed by atoms with Crippen LogP contribution in [0.25, 0.3) is 6.08 Å². The van der Waals surface area contributed by atoms with Crippen LogP contribution in [0.2, 0.25) is 0 Å². The highest BCUT2D eigenvalue weighted by Gasteiger charge is 2.14. The van der Waals surface area contributed by atoms with Gasteiger partial charge in [-0.05, 0) is 42.7 Å². The summed E-state index contributed by atoms with van der Waals surface area (Å²) in [6, 6.07) is 16.3. The van der Waals surface area contributed by atoms with Gasteiger partial charge >= 0.3 is 5.97 Å². The molecule has 0 spiro atoms. The summed E-state index contributed by atoms with van der Waals surface area (Å²) in [4.78, 5) is 23.9. The molecule has 5 nitrogen and oxygen atoms in total. The lowest BCUT2D eigenvalue weighted by Crippen LogP contribution is -2.21. The molecule has 25 heavy (non-hydrogen) atoms. The van der Waals surface area contributed by atoms with Crippen LogP contribution in [-0.2, 0) is 14.3 Å². The van der Waals surface area contributed by atoms with Gasteiger partial charge in [-0.1, -0.05) is 42.5 Å². The zero-order chi connectivity index (χ0) is 18.2. The zero-order valence-corrected chi connectivity index (χ0v) is 14.1. The smallest absolute Gasteiger partial charge is 0.349 e. The van der Waals surface area contributed by atoms with Gasteiger partial charge in [0.2, 0.25) is 0 Å². The van der Waals surface area contributed by atoms with Crippen LogP contribution in [0.1, 0.15) is 16.7 Å². The number of amides is 1. The molecule has 2 aromatic carbocycles. The topological polar surface area (TPSA) is 79.2 Å². The van der Waals surface area contributed by atoms with Gasteiger partial charge in [-0.25, -0.2) is 4.79 Å². The molecule has 2 aromatic rings. The van der Waals surface area contributed by atoms with Crippen molar-refractivity contribution in [1.29, 1.82) is 5.26 Å². The van der Waals surface area contributed by atoms with Crippen molar-refractivity contribution in [3.05, 3.63) is 70.8 Å². The number of ether oxygens (including phenoxy) is 1. The number of aryl methyl sites for hydroxylation is 1. The summed E-state index contributed by atoms with van der Waals surface area (Å²) in [5.41, 5.74) is 3.21. The summed E-state index contributed by atoms with van der Waals surface area (Å²) in [6.07, 6.45) is 1.42. The third-order valence-corrected chi connectivity index (χ3v) is 3.66. The minimum atomic E-state index is -0.831. The average molecular weight is 334 g/mol. The van der Waals surface area contributed by atoms with E-state index < -0.39 is 18.5 Å². The van der Waals surface area contributed by atoms with Crippen LogP contribution in [-0.4, -0.2) is 18.5 Å². The van der Waals surface area contributed by atoms with Crippen molar-refractivity contribution in [3.8, 4) is 6.07 Å². The molecule has 0 aromatic heterocycles. The summed E-state index contributed by atoms with van der Waals surface area (Å²) < 4.78 is 4.93. The summed E-state index contributed by atoms with van der Waals surface area (Å²) in [6.45, 7) is 3.38. The van der Waals surface area contributed by atoms with E-state index in [0.29, 0.717) is 11.3 Å². The number of anilines is 1. The van der Waals surface area contributed by atoms with Crippen molar-refractivity contribution in [3.63, 3.8) is 0 Å². The number of hydrogen-bond donors (Lipinski definition) is 1. The summed E-state index contributed by atoms with van der Waals surface area (Å²) in [5.74, 6) is -1.29. The maximum Gasteiger partial charge on any atom is 0.349 e. The fraction of sp³-hybridized carbons (Fsp3) is 0.150. The second-order valence-electron chi connectivity index (χ2n) is 5.45. The van der Waals surface area contributed by atoms with Crippen LogP contribution in [0.15, 0.2) is 54.1 Å². The van der Waals surface area contributed by atoms with Crippen molar-refractivity contribution in [2.75, 3.05) is 11.9 Å². The van der Waals surface area contributed by atoms with Gasteiger partial charge in [0.15, 0.2) is 6.61 Å². The number of benzene rings is 2. The van der Waals surface area contributed by atoms with E-state index in [2.05, 4.69) is 5.32 Å². The first-order chi connectivity index (χ1) is 12.0. The van der Waals surface area contributed by atoms with Gasteiger partial charge in [0.25, 0.3) is 5.91 Å². The van der Waals surface area contributed by atoms with Crippen molar-refractivity contribution in [1.82, 2.24) is 0 Å². The molecule has 0 heterocycles. The number of nitriles is 1. The molecule has 1 amide bonds. The highest BCUT2D eigenvalue weighted by atomic mass is 16.5. The Bertz CT molecular complexity index is 849. The van der Waals surface area contributed by atoms with Gasteiger partial charge in [0.1, 0.15) is 11.6 Å². The summed E-state index contributed by atoms with van der Waals surface area (Å²) in [7, 11) is 0. The first-order valence-electron chi connectivity index (χ1n) is 7.71. The van der Waals surface area contributed by atoms with E-state index >= 15 is 0 Å². The van der Waals surface area contributed by atoms with Crippen molar-refractivity contribution in [2.45, 2.75) is 13.8 Å². The number of hydrogen-bond acceptors (Lipinski definition) is 4. The lowest BCUT2D eigenvalue weighted by atomic mass is 10.1. The molecule has 0 unspecified atom stereocenters. The van der Waals surface area contributed by atoms with Crippen LogP contribution >= 0.6 is 0 Å². The van der Waals surface area contributed by atoms with E-state index in [1.165, 1.54) is 6.08 Å². The average Bonchev–Trinajstić information content (AvgIpc) is 2.62. The quantitative estimate of drug-likeness (QED) is 0.516. The molecule has 0 saturated carbocycles. The number of carbonyl (C=O) groups excluding carboxylic acids is 2. The molecule has 0 saturated heterocycles. The molecule has 1 N–H and O–H groups in total. The van der Waals surface area contributed by atoms with E-state index in [0.717, 1.165) is 11.1 Å². The molecule has 0 aliphatic heterocycles. The van der Waals surface area contributed by atoms with E-state index in [1.807, 2.05) is 32.0 Å². The Balaban J connectivity index is 1.96. The van der Waals surface area contributed by atoms with E-state index in [-0.39, 0.29) is 5.57 Å². The van der Waals surface area contributed by atoms with Gasteiger partial charge in [0.05, 0.1) is 0 Å². The minimum Gasteiger partial charge on any atom is -0.451 e. The molecule has 0 atom stereocenters. The molecule has 0 fully saturated rings. The second-order valence-corrected chi connectivity index (χ2v) is 5.45. The van der Waals surface area contributed by atoms with Gasteiger partial charge in [-0.3, -0.25) is 4.79 Å². The molecule has 0 aliphatic rings. The highest BCUT2D eigenvalue weighted by molar-refractivity contribution is 6.00. The normalized spacial score (nSPS) is 10.7. The Morgan fingerprint density at radius 3 is 2.52 bits per heavy atom. The second kappa shape index (κ2) is 8.46. The Labute approximate surface area is 146 Å². The summed E-state index contributed by atoms with van der Waals surface area (Å²) >= 11 is 0. The SMILES string of the molecule is Cc1cccc(NC(=O)COC(=O)C(C#N)=Cc2ccccc2)c1C. The van der Waals surface area contributed by atoms with Crippen molar-refractivity contribution >= 4 is 23.6 Å². The molecule has 2 rings (SSSR count). The maximum atomic E-state index is 12.0. The number of carbonyl (C=O) groups is 2. The third-order valence-electron chi connectivity index (χ3n) is 3.66. The standard InChI is InChI=1S/C20H18N2O3/c1-14-7-6-10-18(15(14)2)22-19(23)13-25-20(24)17(12-21)11-16-8-4-3-5-9-16/h3-11H,13H2,1-2H3,(H,22,23). The first-order valence-corrected chi connectivity index (χ1v) is 7.71. The minimum absolute atomic E-state index is 0.161. The largest absolute Gasteiger partial charge is 0.451 e. The molecule has 5 heteroatoms. The lowest BCUT2D eigenvalue weighted by Gasteiger charge is -2.10. The summed E-state index contributed by atoms with van der Waals surface area (Å²) in [5, 5.41) is 11.8. The fourth-order valence-corrected chi connectivity index (χ4v) is 2.13. The van der Waals surface area contributed by atoms with Crippen molar-refractivity contribution < 1.29 is 14.3 Å². The van der Waals surface area contributed by atoms with Gasteiger partial charge < -0.3 is 10.1 Å². The predicted molar refractivity (Wildman–Crippen MR) is 95.5 cm³/mol. The van der Waals surface area contributed by atoms with Crippen LogP contribution in [0.3, 0.4) is 0 Å². The number of esters is 1.